The van der Waals surface area contributed by atoms with Crippen LogP contribution in [0.15, 0.2) is 30.3 Å². The van der Waals surface area contributed by atoms with Gasteiger partial charge in [-0.3, -0.25) is 4.79 Å². The summed E-state index contributed by atoms with van der Waals surface area (Å²) in [6, 6.07) is 10.2. The summed E-state index contributed by atoms with van der Waals surface area (Å²) in [7, 11) is 0. The van der Waals surface area contributed by atoms with Gasteiger partial charge in [-0.2, -0.15) is 0 Å². The molecule has 19 heavy (non-hydrogen) atoms. The molecule has 2 rings (SSSR count). The van der Waals surface area contributed by atoms with Crippen LogP contribution < -0.4 is 0 Å². The average Bonchev–Trinajstić information content (AvgIpc) is 2.44. The van der Waals surface area contributed by atoms with Crippen molar-refractivity contribution in [3.8, 4) is 0 Å². The molecule has 0 N–H and O–H groups in total. The number of carbonyl (C=O) groups is 1. The van der Waals surface area contributed by atoms with Crippen molar-refractivity contribution < 1.29 is 9.53 Å². The Morgan fingerprint density at radius 2 is 1.79 bits per heavy atom. The van der Waals surface area contributed by atoms with Crippen LogP contribution in [0, 0.1) is 5.92 Å². The van der Waals surface area contributed by atoms with Crippen LogP contribution in [-0.2, 0) is 16.0 Å². The molecule has 0 radical (unpaired) electrons. The Morgan fingerprint density at radius 1 is 1.05 bits per heavy atom. The van der Waals surface area contributed by atoms with E-state index in [0.717, 1.165) is 12.8 Å². The number of carbonyl (C=O) groups excluding carboxylic acids is 1. The van der Waals surface area contributed by atoms with E-state index in [1.165, 1.54) is 37.7 Å². The standard InChI is InChI=1S/C17H24O2/c1-2-3-4-5-9-12-16-15(17(18)19-16)13-14-10-7-6-8-11-14/h6-8,10-11,15-16H,2-5,9,12-13H2,1H3/t15-,16+/m0/s1. The zero-order valence-corrected chi connectivity index (χ0v) is 11.8. The van der Waals surface area contributed by atoms with Gasteiger partial charge in [0, 0.05) is 0 Å². The third-order valence-electron chi connectivity index (χ3n) is 3.91. The lowest BCUT2D eigenvalue weighted by molar-refractivity contribution is -0.185. The molecular formula is C17H24O2. The second-order valence-corrected chi connectivity index (χ2v) is 5.47. The lowest BCUT2D eigenvalue weighted by atomic mass is 9.87. The second kappa shape index (κ2) is 7.32. The Labute approximate surface area is 116 Å². The van der Waals surface area contributed by atoms with Gasteiger partial charge in [0.25, 0.3) is 0 Å². The first-order chi connectivity index (χ1) is 9.31. The molecule has 0 spiro atoms. The van der Waals surface area contributed by atoms with Gasteiger partial charge in [-0.25, -0.2) is 0 Å². The van der Waals surface area contributed by atoms with Crippen LogP contribution in [0.5, 0.6) is 0 Å². The minimum absolute atomic E-state index is 0.0117. The Hall–Kier alpha value is -1.31. The van der Waals surface area contributed by atoms with Crippen molar-refractivity contribution in [2.24, 2.45) is 5.92 Å². The van der Waals surface area contributed by atoms with Gasteiger partial charge in [-0.15, -0.1) is 0 Å². The van der Waals surface area contributed by atoms with Crippen LogP contribution in [0.3, 0.4) is 0 Å². The van der Waals surface area contributed by atoms with E-state index in [2.05, 4.69) is 19.1 Å². The minimum Gasteiger partial charge on any atom is -0.461 e. The average molecular weight is 260 g/mol. The van der Waals surface area contributed by atoms with Crippen molar-refractivity contribution >= 4 is 5.97 Å². The number of cyclic esters (lactones) is 1. The lowest BCUT2D eigenvalue weighted by Crippen LogP contribution is -2.46. The van der Waals surface area contributed by atoms with E-state index < -0.39 is 0 Å². The molecule has 1 saturated heterocycles. The zero-order chi connectivity index (χ0) is 13.5. The van der Waals surface area contributed by atoms with Gasteiger partial charge in [0.1, 0.15) is 6.10 Å². The van der Waals surface area contributed by atoms with Gasteiger partial charge in [0.05, 0.1) is 5.92 Å². The number of unbranched alkanes of at least 4 members (excludes halogenated alkanes) is 4. The second-order valence-electron chi connectivity index (χ2n) is 5.47. The van der Waals surface area contributed by atoms with E-state index in [4.69, 9.17) is 4.74 Å². The summed E-state index contributed by atoms with van der Waals surface area (Å²) in [5.74, 6) is 0.0796. The van der Waals surface area contributed by atoms with Crippen LogP contribution in [-0.4, -0.2) is 12.1 Å². The van der Waals surface area contributed by atoms with Gasteiger partial charge in [0.15, 0.2) is 0 Å². The van der Waals surface area contributed by atoms with Crippen molar-refractivity contribution in [1.82, 2.24) is 0 Å². The van der Waals surface area contributed by atoms with Gasteiger partial charge >= 0.3 is 5.97 Å². The fourth-order valence-electron chi connectivity index (χ4n) is 2.69. The summed E-state index contributed by atoms with van der Waals surface area (Å²) in [5.41, 5.74) is 1.24. The summed E-state index contributed by atoms with van der Waals surface area (Å²) in [4.78, 5) is 11.6. The molecule has 104 valence electrons. The lowest BCUT2D eigenvalue weighted by Gasteiger charge is -2.35. The van der Waals surface area contributed by atoms with Crippen LogP contribution in [0.4, 0.5) is 0 Å². The summed E-state index contributed by atoms with van der Waals surface area (Å²) in [6.07, 6.45) is 8.37. The number of rotatable bonds is 8. The molecule has 0 aromatic heterocycles. The quantitative estimate of drug-likeness (QED) is 0.519. The molecule has 1 aliphatic heterocycles. The zero-order valence-electron chi connectivity index (χ0n) is 11.8. The van der Waals surface area contributed by atoms with Gasteiger partial charge in [-0.1, -0.05) is 62.9 Å². The molecule has 2 heteroatoms. The molecule has 1 aromatic rings. The highest BCUT2D eigenvalue weighted by Crippen LogP contribution is 2.30. The van der Waals surface area contributed by atoms with Gasteiger partial charge in [0.2, 0.25) is 0 Å². The highest BCUT2D eigenvalue weighted by Gasteiger charge is 2.41. The van der Waals surface area contributed by atoms with Gasteiger partial charge < -0.3 is 4.74 Å². The monoisotopic (exact) mass is 260 g/mol. The third kappa shape index (κ3) is 4.09. The first-order valence-corrected chi connectivity index (χ1v) is 7.55. The van der Waals surface area contributed by atoms with Gasteiger partial charge in [-0.05, 0) is 24.8 Å². The number of benzene rings is 1. The Balaban J connectivity index is 1.72. The molecule has 1 aliphatic rings. The first kappa shape index (κ1) is 14.1. The van der Waals surface area contributed by atoms with E-state index in [1.54, 1.807) is 0 Å². The topological polar surface area (TPSA) is 26.3 Å². The van der Waals surface area contributed by atoms with E-state index in [1.807, 2.05) is 18.2 Å². The summed E-state index contributed by atoms with van der Waals surface area (Å²) < 4.78 is 5.29. The molecular weight excluding hydrogens is 236 g/mol. The Kier molecular flexibility index (Phi) is 5.44. The molecule has 0 amide bonds. The SMILES string of the molecule is CCCCCCC[C@H]1OC(=O)[C@H]1Cc1ccccc1. The summed E-state index contributed by atoms with van der Waals surface area (Å²) in [6.45, 7) is 2.23. The highest BCUT2D eigenvalue weighted by molar-refractivity contribution is 5.78. The molecule has 0 bridgehead atoms. The first-order valence-electron chi connectivity index (χ1n) is 7.55. The third-order valence-corrected chi connectivity index (χ3v) is 3.91. The van der Waals surface area contributed by atoms with E-state index in [-0.39, 0.29) is 18.0 Å². The number of esters is 1. The maximum atomic E-state index is 11.6. The molecule has 1 aromatic carbocycles. The summed E-state index contributed by atoms with van der Waals surface area (Å²) in [5, 5.41) is 0. The van der Waals surface area contributed by atoms with E-state index in [0.29, 0.717) is 0 Å². The van der Waals surface area contributed by atoms with E-state index >= 15 is 0 Å². The van der Waals surface area contributed by atoms with Crippen molar-refractivity contribution in [2.45, 2.75) is 58.0 Å². The van der Waals surface area contributed by atoms with E-state index in [9.17, 15) is 4.79 Å². The van der Waals surface area contributed by atoms with Crippen LogP contribution in [0.1, 0.15) is 51.0 Å². The van der Waals surface area contributed by atoms with Crippen LogP contribution in [0.25, 0.3) is 0 Å². The maximum absolute atomic E-state index is 11.6. The Morgan fingerprint density at radius 3 is 2.47 bits per heavy atom. The highest BCUT2D eigenvalue weighted by atomic mass is 16.6. The molecule has 2 atom stereocenters. The normalized spacial score (nSPS) is 21.8. The van der Waals surface area contributed by atoms with Crippen molar-refractivity contribution in [1.29, 1.82) is 0 Å². The van der Waals surface area contributed by atoms with Crippen molar-refractivity contribution in [3.63, 3.8) is 0 Å². The van der Waals surface area contributed by atoms with Crippen molar-refractivity contribution in [3.05, 3.63) is 35.9 Å². The molecule has 1 heterocycles. The predicted octanol–water partition coefficient (Wildman–Crippen LogP) is 4.13. The Bertz CT molecular complexity index is 386. The predicted molar refractivity (Wildman–Crippen MR) is 76.9 cm³/mol. The number of hydrogen-bond acceptors (Lipinski definition) is 2. The number of ether oxygens (including phenoxy) is 1. The van der Waals surface area contributed by atoms with Crippen LogP contribution >= 0.6 is 0 Å². The molecule has 0 unspecified atom stereocenters. The number of hydrogen-bond donors (Lipinski definition) is 0. The molecule has 2 nitrogen and oxygen atoms in total. The minimum atomic E-state index is -0.0117. The van der Waals surface area contributed by atoms with Crippen LogP contribution in [0.2, 0.25) is 0 Å². The fraction of sp³-hybridized carbons (Fsp3) is 0.588. The smallest absolute Gasteiger partial charge is 0.313 e. The molecule has 0 aliphatic carbocycles. The van der Waals surface area contributed by atoms with Crippen molar-refractivity contribution in [2.75, 3.05) is 0 Å². The fourth-order valence-corrected chi connectivity index (χ4v) is 2.69. The maximum Gasteiger partial charge on any atom is 0.313 e. The summed E-state index contributed by atoms with van der Waals surface area (Å²) >= 11 is 0. The largest absolute Gasteiger partial charge is 0.461 e. The molecule has 0 saturated carbocycles. The molecule has 1 fully saturated rings.